The Balaban J connectivity index is 3.22. The van der Waals surface area contributed by atoms with Crippen LogP contribution in [0.4, 0.5) is 17.6 Å². The van der Waals surface area contributed by atoms with E-state index >= 15 is 0 Å². The molecular weight excluding hydrogens is 204 g/mol. The summed E-state index contributed by atoms with van der Waals surface area (Å²) in [5, 5.41) is 0. The van der Waals surface area contributed by atoms with Crippen molar-refractivity contribution in [2.45, 2.75) is 11.3 Å². The van der Waals surface area contributed by atoms with Gasteiger partial charge in [-0.15, -0.1) is 11.8 Å². The van der Waals surface area contributed by atoms with Gasteiger partial charge in [-0.05, 0) is 18.4 Å². The number of rotatable bonds is 2. The predicted octanol–water partition coefficient (Wildman–Crippen LogP) is 3.62. The lowest BCUT2D eigenvalue weighted by molar-refractivity contribution is 0.150. The van der Waals surface area contributed by atoms with E-state index in [0.29, 0.717) is 6.07 Å². The molecule has 13 heavy (non-hydrogen) atoms. The topological polar surface area (TPSA) is 0 Å². The fraction of sp³-hybridized carbons (Fsp3) is 0.250. The minimum Gasteiger partial charge on any atom is -0.205 e. The lowest BCUT2D eigenvalue weighted by Gasteiger charge is -2.04. The summed E-state index contributed by atoms with van der Waals surface area (Å²) in [5.41, 5.74) is -0.497. The molecule has 0 amide bonds. The molecule has 0 radical (unpaired) electrons. The van der Waals surface area contributed by atoms with E-state index in [1.54, 1.807) is 0 Å². The standard InChI is InChI=1S/C8H6F4S/c1-13-6-3-4(8(11)12)2-5(9)7(6)10/h2-3,8H,1H3. The molecule has 0 unspecified atom stereocenters. The first kappa shape index (κ1) is 10.4. The Morgan fingerprint density at radius 1 is 1.23 bits per heavy atom. The molecule has 0 aliphatic carbocycles. The summed E-state index contributed by atoms with van der Waals surface area (Å²) in [5.74, 6) is -2.31. The molecule has 0 aromatic heterocycles. The minimum atomic E-state index is -2.78. The van der Waals surface area contributed by atoms with Crippen LogP contribution in [0.25, 0.3) is 0 Å². The molecule has 0 atom stereocenters. The quantitative estimate of drug-likeness (QED) is 0.530. The van der Waals surface area contributed by atoms with Crippen molar-refractivity contribution in [3.63, 3.8) is 0 Å². The van der Waals surface area contributed by atoms with Crippen LogP contribution in [0.1, 0.15) is 12.0 Å². The highest BCUT2D eigenvalue weighted by Gasteiger charge is 2.14. The Kier molecular flexibility index (Phi) is 3.19. The smallest absolute Gasteiger partial charge is 0.205 e. The minimum absolute atomic E-state index is 0.102. The summed E-state index contributed by atoms with van der Waals surface area (Å²) < 4.78 is 49.7. The summed E-state index contributed by atoms with van der Waals surface area (Å²) in [7, 11) is 0. The second kappa shape index (κ2) is 4.00. The molecule has 0 saturated carbocycles. The molecule has 5 heteroatoms. The number of halogens is 4. The molecule has 0 aliphatic heterocycles. The Labute approximate surface area is 76.9 Å². The molecule has 1 aromatic carbocycles. The number of thioether (sulfide) groups is 1. The van der Waals surface area contributed by atoms with E-state index < -0.39 is 23.6 Å². The van der Waals surface area contributed by atoms with E-state index in [4.69, 9.17) is 0 Å². The first-order valence-corrected chi connectivity index (χ1v) is 4.59. The average Bonchev–Trinajstić information content (AvgIpc) is 2.09. The van der Waals surface area contributed by atoms with Crippen LogP contribution in [0.5, 0.6) is 0 Å². The third kappa shape index (κ3) is 2.15. The van der Waals surface area contributed by atoms with Gasteiger partial charge in [0.05, 0.1) is 0 Å². The Morgan fingerprint density at radius 2 is 1.85 bits per heavy atom. The Bertz CT molecular complexity index is 311. The van der Waals surface area contributed by atoms with Gasteiger partial charge in [-0.25, -0.2) is 17.6 Å². The van der Waals surface area contributed by atoms with Gasteiger partial charge in [-0.2, -0.15) is 0 Å². The van der Waals surface area contributed by atoms with Gasteiger partial charge in [-0.1, -0.05) is 0 Å². The van der Waals surface area contributed by atoms with Gasteiger partial charge in [0.25, 0.3) is 6.43 Å². The first-order chi connectivity index (χ1) is 6.06. The molecule has 0 fully saturated rings. The van der Waals surface area contributed by atoms with E-state index in [1.165, 1.54) is 6.26 Å². The van der Waals surface area contributed by atoms with Crippen molar-refractivity contribution in [3.05, 3.63) is 29.3 Å². The maximum Gasteiger partial charge on any atom is 0.263 e. The highest BCUT2D eigenvalue weighted by molar-refractivity contribution is 7.98. The van der Waals surface area contributed by atoms with Crippen LogP contribution in [0.3, 0.4) is 0 Å². The van der Waals surface area contributed by atoms with Gasteiger partial charge in [-0.3, -0.25) is 0 Å². The van der Waals surface area contributed by atoms with Gasteiger partial charge < -0.3 is 0 Å². The summed E-state index contributed by atoms with van der Waals surface area (Å²) >= 11 is 0.893. The molecule has 1 rings (SSSR count). The van der Waals surface area contributed by atoms with Crippen molar-refractivity contribution in [2.75, 3.05) is 6.26 Å². The highest BCUT2D eigenvalue weighted by atomic mass is 32.2. The van der Waals surface area contributed by atoms with Gasteiger partial charge in [0.1, 0.15) is 0 Å². The summed E-state index contributed by atoms with van der Waals surface area (Å²) in [6, 6.07) is 1.47. The van der Waals surface area contributed by atoms with E-state index in [0.717, 1.165) is 17.8 Å². The van der Waals surface area contributed by atoms with Crippen LogP contribution in [-0.2, 0) is 0 Å². The molecule has 1 aromatic rings. The number of hydrogen-bond donors (Lipinski definition) is 0. The molecule has 0 spiro atoms. The van der Waals surface area contributed by atoms with Crippen LogP contribution in [0, 0.1) is 11.6 Å². The van der Waals surface area contributed by atoms with Gasteiger partial charge in [0.2, 0.25) is 0 Å². The Hall–Kier alpha value is -0.710. The molecule has 0 nitrogen and oxygen atoms in total. The fourth-order valence-electron chi connectivity index (χ4n) is 0.858. The lowest BCUT2D eigenvalue weighted by atomic mass is 10.2. The maximum absolute atomic E-state index is 12.8. The van der Waals surface area contributed by atoms with E-state index in [-0.39, 0.29) is 4.90 Å². The molecule has 0 saturated heterocycles. The largest absolute Gasteiger partial charge is 0.263 e. The zero-order valence-electron chi connectivity index (χ0n) is 6.65. The third-order valence-electron chi connectivity index (χ3n) is 1.49. The zero-order valence-corrected chi connectivity index (χ0v) is 7.47. The zero-order chi connectivity index (χ0) is 10.0. The van der Waals surface area contributed by atoms with Crippen molar-refractivity contribution >= 4 is 11.8 Å². The molecule has 72 valence electrons. The van der Waals surface area contributed by atoms with E-state index in [9.17, 15) is 17.6 Å². The van der Waals surface area contributed by atoms with Crippen molar-refractivity contribution in [1.82, 2.24) is 0 Å². The summed E-state index contributed by atoms with van der Waals surface area (Å²) in [6.45, 7) is 0. The normalized spacial score (nSPS) is 10.9. The first-order valence-electron chi connectivity index (χ1n) is 3.37. The van der Waals surface area contributed by atoms with Crippen molar-refractivity contribution < 1.29 is 17.6 Å². The monoisotopic (exact) mass is 210 g/mol. The van der Waals surface area contributed by atoms with Crippen LogP contribution in [-0.4, -0.2) is 6.26 Å². The Morgan fingerprint density at radius 3 is 2.31 bits per heavy atom. The third-order valence-corrected chi connectivity index (χ3v) is 2.23. The average molecular weight is 210 g/mol. The summed E-state index contributed by atoms with van der Waals surface area (Å²) in [4.78, 5) is -0.102. The van der Waals surface area contributed by atoms with Crippen LogP contribution >= 0.6 is 11.8 Å². The van der Waals surface area contributed by atoms with Gasteiger partial charge in [0.15, 0.2) is 11.6 Å². The number of benzene rings is 1. The van der Waals surface area contributed by atoms with Crippen molar-refractivity contribution in [3.8, 4) is 0 Å². The van der Waals surface area contributed by atoms with Crippen LogP contribution < -0.4 is 0 Å². The van der Waals surface area contributed by atoms with Gasteiger partial charge in [0, 0.05) is 10.5 Å². The molecular formula is C8H6F4S. The molecule has 0 N–H and O–H groups in total. The number of alkyl halides is 2. The molecule has 0 bridgehead atoms. The molecule has 0 aliphatic rings. The van der Waals surface area contributed by atoms with E-state index in [1.807, 2.05) is 0 Å². The van der Waals surface area contributed by atoms with Crippen LogP contribution in [0.15, 0.2) is 17.0 Å². The highest BCUT2D eigenvalue weighted by Crippen LogP contribution is 2.28. The summed E-state index contributed by atoms with van der Waals surface area (Å²) in [6.07, 6.45) is -1.28. The predicted molar refractivity (Wildman–Crippen MR) is 43.1 cm³/mol. The van der Waals surface area contributed by atoms with E-state index in [2.05, 4.69) is 0 Å². The number of hydrogen-bond acceptors (Lipinski definition) is 1. The SMILES string of the molecule is CSc1cc(C(F)F)cc(F)c1F. The fourth-order valence-corrected chi connectivity index (χ4v) is 1.39. The molecule has 0 heterocycles. The second-order valence-electron chi connectivity index (χ2n) is 2.32. The van der Waals surface area contributed by atoms with Crippen molar-refractivity contribution in [2.24, 2.45) is 0 Å². The van der Waals surface area contributed by atoms with Crippen molar-refractivity contribution in [1.29, 1.82) is 0 Å². The lowest BCUT2D eigenvalue weighted by Crippen LogP contribution is -1.93. The van der Waals surface area contributed by atoms with Crippen LogP contribution in [0.2, 0.25) is 0 Å². The van der Waals surface area contributed by atoms with Gasteiger partial charge >= 0.3 is 0 Å². The maximum atomic E-state index is 12.8. The second-order valence-corrected chi connectivity index (χ2v) is 3.17.